The molecular weight excluding hydrogens is 282 g/mol. The van der Waals surface area contributed by atoms with Crippen molar-refractivity contribution < 1.29 is 23.1 Å². The molecule has 1 aromatic carbocycles. The second-order valence-corrected chi connectivity index (χ2v) is 6.49. The third-order valence-corrected chi connectivity index (χ3v) is 4.78. The van der Waals surface area contributed by atoms with Gasteiger partial charge >= 0.3 is 5.97 Å². The second-order valence-electron chi connectivity index (χ2n) is 4.78. The molecule has 6 nitrogen and oxygen atoms in total. The normalized spacial score (nSPS) is 16.6. The molecule has 1 aliphatic rings. The molecule has 1 aliphatic carbocycles. The van der Waals surface area contributed by atoms with Crippen molar-refractivity contribution in [2.75, 3.05) is 0 Å². The molecule has 0 amide bonds. The number of carbonyl (C=O) groups is 2. The van der Waals surface area contributed by atoms with Crippen LogP contribution in [-0.4, -0.2) is 31.3 Å². The van der Waals surface area contributed by atoms with E-state index in [0.717, 1.165) is 0 Å². The Kier molecular flexibility index (Phi) is 3.92. The van der Waals surface area contributed by atoms with Crippen LogP contribution in [0.3, 0.4) is 0 Å². The van der Waals surface area contributed by atoms with Gasteiger partial charge < -0.3 is 5.11 Å². The number of aryl methyl sites for hydroxylation is 1. The Balaban J connectivity index is 2.34. The van der Waals surface area contributed by atoms with Gasteiger partial charge in [0, 0.05) is 12.0 Å². The first-order valence-corrected chi connectivity index (χ1v) is 7.71. The van der Waals surface area contributed by atoms with Crippen LogP contribution in [0.2, 0.25) is 0 Å². The number of rotatable bonds is 4. The van der Waals surface area contributed by atoms with Gasteiger partial charge in [-0.1, -0.05) is 0 Å². The molecule has 0 aromatic heterocycles. The summed E-state index contributed by atoms with van der Waals surface area (Å²) >= 11 is 0. The molecule has 1 atom stereocenters. The average Bonchev–Trinajstić information content (AvgIpc) is 2.38. The fourth-order valence-electron chi connectivity index (χ4n) is 2.14. The van der Waals surface area contributed by atoms with Crippen LogP contribution >= 0.6 is 0 Å². The summed E-state index contributed by atoms with van der Waals surface area (Å²) in [6, 6.07) is 3.07. The van der Waals surface area contributed by atoms with Gasteiger partial charge in [-0.15, -0.1) is 0 Å². The number of aliphatic carboxylic acids is 1. The largest absolute Gasteiger partial charge is 0.480 e. The number of hydrogen-bond donors (Lipinski definition) is 2. The molecule has 1 aromatic rings. The van der Waals surface area contributed by atoms with Gasteiger partial charge in [0.2, 0.25) is 10.0 Å². The van der Waals surface area contributed by atoms with Crippen molar-refractivity contribution in [1.82, 2.24) is 4.72 Å². The average molecular weight is 297 g/mol. The van der Waals surface area contributed by atoms with Crippen molar-refractivity contribution >= 4 is 21.8 Å². The van der Waals surface area contributed by atoms with Gasteiger partial charge in [-0.25, -0.2) is 8.42 Å². The van der Waals surface area contributed by atoms with Gasteiger partial charge in [-0.2, -0.15) is 4.72 Å². The van der Waals surface area contributed by atoms with Crippen LogP contribution in [0.15, 0.2) is 23.1 Å². The molecule has 2 rings (SSSR count). The van der Waals surface area contributed by atoms with E-state index in [1.54, 1.807) is 0 Å². The van der Waals surface area contributed by atoms with Crippen molar-refractivity contribution in [2.45, 2.75) is 37.1 Å². The lowest BCUT2D eigenvalue weighted by molar-refractivity contribution is -0.138. The number of carboxylic acids is 1. The first kappa shape index (κ1) is 14.7. The first-order valence-electron chi connectivity index (χ1n) is 6.22. The van der Waals surface area contributed by atoms with Crippen molar-refractivity contribution in [2.24, 2.45) is 0 Å². The Bertz CT molecular complexity index is 665. The second kappa shape index (κ2) is 5.34. The summed E-state index contributed by atoms with van der Waals surface area (Å²) in [5, 5.41) is 8.75. The fourth-order valence-corrected chi connectivity index (χ4v) is 3.39. The predicted molar refractivity (Wildman–Crippen MR) is 71.1 cm³/mol. The van der Waals surface area contributed by atoms with Crippen LogP contribution in [0.1, 0.15) is 35.7 Å². The summed E-state index contributed by atoms with van der Waals surface area (Å²) in [6.45, 7) is 1.25. The van der Waals surface area contributed by atoms with Gasteiger partial charge in [-0.3, -0.25) is 9.59 Å². The van der Waals surface area contributed by atoms with E-state index in [9.17, 15) is 18.0 Å². The van der Waals surface area contributed by atoms with Crippen molar-refractivity contribution in [3.63, 3.8) is 0 Å². The summed E-state index contributed by atoms with van der Waals surface area (Å²) in [7, 11) is -3.90. The summed E-state index contributed by atoms with van der Waals surface area (Å²) < 4.78 is 26.2. The Hall–Kier alpha value is -1.73. The number of sulfonamides is 1. The van der Waals surface area contributed by atoms with Crippen LogP contribution in [0, 0.1) is 0 Å². The number of carboxylic acid groups (broad SMARTS) is 1. The van der Waals surface area contributed by atoms with Gasteiger partial charge in [0.05, 0.1) is 4.90 Å². The van der Waals surface area contributed by atoms with E-state index in [-0.39, 0.29) is 10.7 Å². The molecule has 0 saturated carbocycles. The fraction of sp³-hybridized carbons (Fsp3) is 0.385. The third-order valence-electron chi connectivity index (χ3n) is 3.24. The van der Waals surface area contributed by atoms with E-state index in [1.807, 2.05) is 0 Å². The molecular formula is C13H15NO5S. The lowest BCUT2D eigenvalue weighted by Gasteiger charge is -2.16. The number of carbonyl (C=O) groups excluding carboxylic acids is 1. The van der Waals surface area contributed by atoms with Gasteiger partial charge in [0.25, 0.3) is 0 Å². The number of hydrogen-bond acceptors (Lipinski definition) is 4. The van der Waals surface area contributed by atoms with Crippen molar-refractivity contribution in [3.8, 4) is 0 Å². The Labute approximate surface area is 116 Å². The minimum Gasteiger partial charge on any atom is -0.480 e. The SMILES string of the molecule is C[C@@H](NS(=O)(=O)c1ccc2c(c1)CCCC2=O)C(=O)O. The Morgan fingerprint density at radius 1 is 1.35 bits per heavy atom. The zero-order chi connectivity index (χ0) is 14.9. The highest BCUT2D eigenvalue weighted by molar-refractivity contribution is 7.89. The molecule has 0 spiro atoms. The molecule has 2 N–H and O–H groups in total. The molecule has 0 saturated heterocycles. The topological polar surface area (TPSA) is 101 Å². The maximum atomic E-state index is 12.1. The van der Waals surface area contributed by atoms with E-state index >= 15 is 0 Å². The van der Waals surface area contributed by atoms with Gasteiger partial charge in [0.15, 0.2) is 5.78 Å². The lowest BCUT2D eigenvalue weighted by atomic mass is 9.91. The van der Waals surface area contributed by atoms with E-state index in [0.29, 0.717) is 30.4 Å². The highest BCUT2D eigenvalue weighted by Gasteiger charge is 2.24. The quantitative estimate of drug-likeness (QED) is 0.862. The zero-order valence-electron chi connectivity index (χ0n) is 10.9. The van der Waals surface area contributed by atoms with Crippen LogP contribution in [0.5, 0.6) is 0 Å². The molecule has 0 heterocycles. The van der Waals surface area contributed by atoms with Crippen LogP contribution in [-0.2, 0) is 21.2 Å². The third kappa shape index (κ3) is 2.88. The highest BCUT2D eigenvalue weighted by atomic mass is 32.2. The van der Waals surface area contributed by atoms with E-state index in [4.69, 9.17) is 5.11 Å². The molecule has 0 fully saturated rings. The maximum absolute atomic E-state index is 12.1. The smallest absolute Gasteiger partial charge is 0.321 e. The van der Waals surface area contributed by atoms with Crippen LogP contribution in [0.4, 0.5) is 0 Å². The molecule has 0 bridgehead atoms. The van der Waals surface area contributed by atoms with Crippen LogP contribution < -0.4 is 4.72 Å². The van der Waals surface area contributed by atoms with E-state index < -0.39 is 22.0 Å². The summed E-state index contributed by atoms with van der Waals surface area (Å²) in [4.78, 5) is 22.4. The minimum absolute atomic E-state index is 0.0148. The summed E-state index contributed by atoms with van der Waals surface area (Å²) in [5.74, 6) is -1.23. The molecule has 0 aliphatic heterocycles. The highest BCUT2D eigenvalue weighted by Crippen LogP contribution is 2.24. The molecule has 20 heavy (non-hydrogen) atoms. The minimum atomic E-state index is -3.90. The molecule has 0 unspecified atom stereocenters. The maximum Gasteiger partial charge on any atom is 0.321 e. The van der Waals surface area contributed by atoms with Crippen molar-refractivity contribution in [3.05, 3.63) is 29.3 Å². The Morgan fingerprint density at radius 2 is 2.05 bits per heavy atom. The summed E-state index contributed by atoms with van der Waals surface area (Å²) in [5.41, 5.74) is 1.26. The standard InChI is InChI=1S/C13H15NO5S/c1-8(13(16)17)14-20(18,19)10-5-6-11-9(7-10)3-2-4-12(11)15/h5-8,14H,2-4H2,1H3,(H,16,17)/t8-/m1/s1. The molecule has 0 radical (unpaired) electrons. The summed E-state index contributed by atoms with van der Waals surface area (Å²) in [6.07, 6.45) is 1.83. The number of Topliss-reactive ketones (excluding diaryl/α,β-unsaturated/α-hetero) is 1. The predicted octanol–water partition coefficient (Wildman–Crippen LogP) is 0.957. The first-order chi connectivity index (χ1) is 9.31. The van der Waals surface area contributed by atoms with Gasteiger partial charge in [-0.05, 0) is 43.5 Å². The number of fused-ring (bicyclic) bond motifs is 1. The Morgan fingerprint density at radius 3 is 2.70 bits per heavy atom. The zero-order valence-corrected chi connectivity index (χ0v) is 11.7. The molecule has 7 heteroatoms. The van der Waals surface area contributed by atoms with Crippen molar-refractivity contribution in [1.29, 1.82) is 0 Å². The van der Waals surface area contributed by atoms with E-state index in [2.05, 4.69) is 4.72 Å². The van der Waals surface area contributed by atoms with Crippen LogP contribution in [0.25, 0.3) is 0 Å². The molecule has 108 valence electrons. The number of benzene rings is 1. The van der Waals surface area contributed by atoms with E-state index in [1.165, 1.54) is 25.1 Å². The number of ketones is 1. The monoisotopic (exact) mass is 297 g/mol. The number of nitrogens with one attached hydrogen (secondary N) is 1. The van der Waals surface area contributed by atoms with Gasteiger partial charge in [0.1, 0.15) is 6.04 Å². The lowest BCUT2D eigenvalue weighted by Crippen LogP contribution is -2.38.